The molecule has 0 atom stereocenters. The van der Waals surface area contributed by atoms with Crippen LogP contribution < -0.4 is 20.6 Å². The zero-order valence-electron chi connectivity index (χ0n) is 14.7. The molecule has 0 spiro atoms. The van der Waals surface area contributed by atoms with Crippen molar-refractivity contribution in [1.82, 2.24) is 5.43 Å². The molecule has 3 N–H and O–H groups in total. The van der Waals surface area contributed by atoms with Crippen LogP contribution >= 0.6 is 0 Å². The molecule has 7 heteroatoms. The number of primary amides is 1. The summed E-state index contributed by atoms with van der Waals surface area (Å²) in [5.74, 6) is 0.00245. The van der Waals surface area contributed by atoms with Crippen LogP contribution in [0.25, 0.3) is 0 Å². The molecule has 0 saturated heterocycles. The highest BCUT2D eigenvalue weighted by atomic mass is 16.5. The number of hydrogen-bond acceptors (Lipinski definition) is 5. The molecule has 0 aliphatic rings. The van der Waals surface area contributed by atoms with Crippen molar-refractivity contribution in [3.05, 3.63) is 59.2 Å². The van der Waals surface area contributed by atoms with Crippen LogP contribution in [-0.2, 0) is 4.79 Å². The summed E-state index contributed by atoms with van der Waals surface area (Å²) in [6.45, 7) is 3.94. The number of carbonyl (C=O) groups excluding carboxylic acids is 2. The first-order valence-corrected chi connectivity index (χ1v) is 8.07. The molecular formula is C19H21N3O4. The number of ether oxygens (including phenoxy) is 2. The summed E-state index contributed by atoms with van der Waals surface area (Å²) in [4.78, 5) is 22.9. The van der Waals surface area contributed by atoms with Crippen molar-refractivity contribution in [3.8, 4) is 11.5 Å². The van der Waals surface area contributed by atoms with Gasteiger partial charge in [0.1, 0.15) is 0 Å². The number of nitrogens with two attached hydrogens (primary N) is 1. The molecule has 0 bridgehead atoms. The maximum Gasteiger partial charge on any atom is 0.271 e. The first-order valence-electron chi connectivity index (χ1n) is 8.07. The van der Waals surface area contributed by atoms with Crippen LogP contribution in [0.15, 0.2) is 47.6 Å². The van der Waals surface area contributed by atoms with Gasteiger partial charge in [-0.15, -0.1) is 0 Å². The second-order valence-electron chi connectivity index (χ2n) is 5.46. The monoisotopic (exact) mass is 355 g/mol. The van der Waals surface area contributed by atoms with Crippen molar-refractivity contribution in [1.29, 1.82) is 0 Å². The number of nitrogens with zero attached hydrogens (tertiary/aromatic N) is 1. The lowest BCUT2D eigenvalue weighted by atomic mass is 10.1. The number of aryl methyl sites for hydroxylation is 1. The normalized spacial score (nSPS) is 10.5. The minimum absolute atomic E-state index is 0.236. The molecule has 0 aliphatic heterocycles. The summed E-state index contributed by atoms with van der Waals surface area (Å²) in [6.07, 6.45) is 1.49. The number of carbonyl (C=O) groups is 2. The molecule has 2 aromatic carbocycles. The fraction of sp³-hybridized carbons (Fsp3) is 0.211. The Labute approximate surface area is 151 Å². The van der Waals surface area contributed by atoms with Gasteiger partial charge in [-0.1, -0.05) is 17.7 Å². The van der Waals surface area contributed by atoms with Crippen LogP contribution in [0.3, 0.4) is 0 Å². The van der Waals surface area contributed by atoms with Gasteiger partial charge >= 0.3 is 0 Å². The van der Waals surface area contributed by atoms with Crippen molar-refractivity contribution >= 4 is 18.0 Å². The molecule has 7 nitrogen and oxygen atoms in total. The standard InChI is InChI=1S/C19H21N3O4/c1-3-25-17-10-14(7-8-16(17)26-12-18(20)23)11-21-22-19(24)15-6-4-5-13(2)9-15/h4-11H,3,12H2,1-2H3,(H2,20,23)(H,22,24)/b21-11+. The summed E-state index contributed by atoms with van der Waals surface area (Å²) in [7, 11) is 0. The fourth-order valence-electron chi connectivity index (χ4n) is 2.16. The van der Waals surface area contributed by atoms with Crippen molar-refractivity contribution in [3.63, 3.8) is 0 Å². The number of rotatable bonds is 8. The molecule has 0 radical (unpaired) electrons. The highest BCUT2D eigenvalue weighted by Crippen LogP contribution is 2.28. The predicted octanol–water partition coefficient (Wildman–Crippen LogP) is 2.02. The Bertz CT molecular complexity index is 818. The van der Waals surface area contributed by atoms with Crippen molar-refractivity contribution < 1.29 is 19.1 Å². The number of benzene rings is 2. The van der Waals surface area contributed by atoms with E-state index in [0.29, 0.717) is 29.2 Å². The Balaban J connectivity index is 2.05. The first kappa shape index (κ1) is 19.0. The SMILES string of the molecule is CCOc1cc(/C=N/NC(=O)c2cccc(C)c2)ccc1OCC(N)=O. The van der Waals surface area contributed by atoms with Gasteiger partial charge in [-0.3, -0.25) is 9.59 Å². The predicted molar refractivity (Wildman–Crippen MR) is 98.5 cm³/mol. The van der Waals surface area contributed by atoms with Crippen LogP contribution in [0.4, 0.5) is 0 Å². The smallest absolute Gasteiger partial charge is 0.271 e. The Kier molecular flexibility index (Phi) is 6.73. The van der Waals surface area contributed by atoms with E-state index in [1.54, 1.807) is 30.3 Å². The summed E-state index contributed by atoms with van der Waals surface area (Å²) in [5, 5.41) is 3.96. The Morgan fingerprint density at radius 2 is 1.96 bits per heavy atom. The number of hydrogen-bond donors (Lipinski definition) is 2. The van der Waals surface area contributed by atoms with E-state index in [2.05, 4.69) is 10.5 Å². The van der Waals surface area contributed by atoms with Gasteiger partial charge in [0.05, 0.1) is 12.8 Å². The lowest BCUT2D eigenvalue weighted by molar-refractivity contribution is -0.119. The third-order valence-corrected chi connectivity index (χ3v) is 3.30. The largest absolute Gasteiger partial charge is 0.490 e. The summed E-state index contributed by atoms with van der Waals surface area (Å²) in [6, 6.07) is 12.3. The third kappa shape index (κ3) is 5.62. The van der Waals surface area contributed by atoms with E-state index in [0.717, 1.165) is 5.56 Å². The van der Waals surface area contributed by atoms with E-state index >= 15 is 0 Å². The average Bonchev–Trinajstić information content (AvgIpc) is 2.61. The van der Waals surface area contributed by atoms with Gasteiger partial charge in [-0.25, -0.2) is 5.43 Å². The number of hydrazone groups is 1. The minimum Gasteiger partial charge on any atom is -0.490 e. The van der Waals surface area contributed by atoms with Crippen LogP contribution in [0.5, 0.6) is 11.5 Å². The molecule has 26 heavy (non-hydrogen) atoms. The van der Waals surface area contributed by atoms with E-state index < -0.39 is 5.91 Å². The van der Waals surface area contributed by atoms with Gasteiger partial charge in [0.25, 0.3) is 11.8 Å². The molecule has 2 aromatic rings. The van der Waals surface area contributed by atoms with E-state index in [1.807, 2.05) is 26.0 Å². The van der Waals surface area contributed by atoms with Crippen LogP contribution in [0.1, 0.15) is 28.4 Å². The maximum absolute atomic E-state index is 12.0. The first-order chi connectivity index (χ1) is 12.5. The van der Waals surface area contributed by atoms with Crippen molar-refractivity contribution in [2.45, 2.75) is 13.8 Å². The lowest BCUT2D eigenvalue weighted by Crippen LogP contribution is -2.20. The lowest BCUT2D eigenvalue weighted by Gasteiger charge is -2.11. The summed E-state index contributed by atoms with van der Waals surface area (Å²) < 4.78 is 10.8. The van der Waals surface area contributed by atoms with Gasteiger partial charge in [-0.2, -0.15) is 5.10 Å². The van der Waals surface area contributed by atoms with Gasteiger partial charge in [0.2, 0.25) is 0 Å². The molecule has 0 unspecified atom stereocenters. The Morgan fingerprint density at radius 3 is 2.65 bits per heavy atom. The highest BCUT2D eigenvalue weighted by Gasteiger charge is 2.08. The fourth-order valence-corrected chi connectivity index (χ4v) is 2.16. The van der Waals surface area contributed by atoms with Gasteiger partial charge in [-0.05, 0) is 49.7 Å². The average molecular weight is 355 g/mol. The van der Waals surface area contributed by atoms with E-state index in [-0.39, 0.29) is 12.5 Å². The van der Waals surface area contributed by atoms with E-state index in [1.165, 1.54) is 6.21 Å². The van der Waals surface area contributed by atoms with Crippen molar-refractivity contribution in [2.24, 2.45) is 10.8 Å². The quantitative estimate of drug-likeness (QED) is 0.558. The maximum atomic E-state index is 12.0. The molecule has 2 amide bonds. The van der Waals surface area contributed by atoms with Crippen molar-refractivity contribution in [2.75, 3.05) is 13.2 Å². The number of nitrogens with one attached hydrogen (secondary N) is 1. The molecule has 0 fully saturated rings. The summed E-state index contributed by atoms with van der Waals surface area (Å²) >= 11 is 0. The molecule has 136 valence electrons. The summed E-state index contributed by atoms with van der Waals surface area (Å²) in [5.41, 5.74) is 9.79. The topological polar surface area (TPSA) is 103 Å². The molecular weight excluding hydrogens is 334 g/mol. The Hall–Kier alpha value is -3.35. The molecule has 0 saturated carbocycles. The molecule has 2 rings (SSSR count). The van der Waals surface area contributed by atoms with E-state index in [4.69, 9.17) is 15.2 Å². The highest BCUT2D eigenvalue weighted by molar-refractivity contribution is 5.95. The second-order valence-corrected chi connectivity index (χ2v) is 5.46. The molecule has 0 aliphatic carbocycles. The third-order valence-electron chi connectivity index (χ3n) is 3.30. The zero-order valence-corrected chi connectivity index (χ0v) is 14.7. The zero-order chi connectivity index (χ0) is 18.9. The molecule has 0 heterocycles. The minimum atomic E-state index is -0.572. The van der Waals surface area contributed by atoms with Crippen LogP contribution in [-0.4, -0.2) is 31.2 Å². The molecule has 0 aromatic heterocycles. The Morgan fingerprint density at radius 1 is 1.15 bits per heavy atom. The van der Waals surface area contributed by atoms with Gasteiger partial charge in [0, 0.05) is 5.56 Å². The second kappa shape index (κ2) is 9.22. The van der Waals surface area contributed by atoms with Gasteiger partial charge < -0.3 is 15.2 Å². The van der Waals surface area contributed by atoms with Crippen LogP contribution in [0, 0.1) is 6.92 Å². The number of amides is 2. The van der Waals surface area contributed by atoms with E-state index in [9.17, 15) is 9.59 Å². The van der Waals surface area contributed by atoms with Gasteiger partial charge in [0.15, 0.2) is 18.1 Å². The van der Waals surface area contributed by atoms with Crippen LogP contribution in [0.2, 0.25) is 0 Å².